The lowest BCUT2D eigenvalue weighted by atomic mass is 10.1. The average molecular weight is 394 g/mol. The zero-order valence-corrected chi connectivity index (χ0v) is 16.3. The molecule has 2 aromatic carbocycles. The van der Waals surface area contributed by atoms with Gasteiger partial charge in [0.15, 0.2) is 0 Å². The second-order valence-electron chi connectivity index (χ2n) is 7.04. The Morgan fingerprint density at radius 3 is 2.41 bits per heavy atom. The van der Waals surface area contributed by atoms with Crippen molar-refractivity contribution in [3.05, 3.63) is 65.5 Å². The Bertz CT molecular complexity index is 915. The second-order valence-corrected chi connectivity index (χ2v) is 7.04. The first-order valence-electron chi connectivity index (χ1n) is 9.54. The minimum absolute atomic E-state index is 0.00342. The molecule has 0 spiro atoms. The van der Waals surface area contributed by atoms with Gasteiger partial charge in [0, 0.05) is 26.2 Å². The largest absolute Gasteiger partial charge is 0.340 e. The Kier molecular flexibility index (Phi) is 6.57. The summed E-state index contributed by atoms with van der Waals surface area (Å²) in [6.45, 7) is 4.06. The van der Waals surface area contributed by atoms with Crippen molar-refractivity contribution in [1.29, 1.82) is 5.26 Å². The molecule has 2 aromatic rings. The maximum atomic E-state index is 13.0. The third-order valence-corrected chi connectivity index (χ3v) is 5.17. The van der Waals surface area contributed by atoms with Crippen molar-refractivity contribution in [2.75, 3.05) is 31.5 Å². The standard InChI is InChI=1S/C22H23FN4O2/c1-16(22(29)25-20-5-3-2-4-18(20)15-24)26-10-12-27(13-11-26)21(28)14-17-6-8-19(23)9-7-17/h2-9,16H,10-14H2,1H3,(H,25,29). The van der Waals surface area contributed by atoms with Crippen LogP contribution in [0.3, 0.4) is 0 Å². The SMILES string of the molecule is CC(C(=O)Nc1ccccc1C#N)N1CCN(C(=O)Cc2ccc(F)cc2)CC1. The molecule has 29 heavy (non-hydrogen) atoms. The van der Waals surface area contributed by atoms with Gasteiger partial charge < -0.3 is 10.2 Å². The van der Waals surface area contributed by atoms with E-state index in [-0.39, 0.29) is 30.1 Å². The molecule has 1 atom stereocenters. The van der Waals surface area contributed by atoms with Crippen molar-refractivity contribution >= 4 is 17.5 Å². The molecule has 0 aromatic heterocycles. The summed E-state index contributed by atoms with van der Waals surface area (Å²) in [6, 6.07) is 14.5. The number of halogens is 1. The van der Waals surface area contributed by atoms with Crippen molar-refractivity contribution in [3.63, 3.8) is 0 Å². The van der Waals surface area contributed by atoms with E-state index in [4.69, 9.17) is 5.26 Å². The summed E-state index contributed by atoms with van der Waals surface area (Å²) in [5.41, 5.74) is 1.70. The molecule has 0 aliphatic carbocycles. The second kappa shape index (κ2) is 9.30. The molecule has 1 fully saturated rings. The van der Waals surface area contributed by atoms with Crippen LogP contribution in [0.5, 0.6) is 0 Å². The van der Waals surface area contributed by atoms with Crippen LogP contribution in [0.15, 0.2) is 48.5 Å². The molecular weight excluding hydrogens is 371 g/mol. The number of hydrogen-bond acceptors (Lipinski definition) is 4. The monoisotopic (exact) mass is 394 g/mol. The Morgan fingerprint density at radius 1 is 1.10 bits per heavy atom. The molecule has 1 unspecified atom stereocenters. The summed E-state index contributed by atoms with van der Waals surface area (Å²) in [7, 11) is 0. The van der Waals surface area contributed by atoms with Gasteiger partial charge >= 0.3 is 0 Å². The fourth-order valence-corrected chi connectivity index (χ4v) is 3.34. The average Bonchev–Trinajstić information content (AvgIpc) is 2.75. The van der Waals surface area contributed by atoms with Crippen LogP contribution < -0.4 is 5.32 Å². The first-order chi connectivity index (χ1) is 14.0. The van der Waals surface area contributed by atoms with E-state index < -0.39 is 0 Å². The smallest absolute Gasteiger partial charge is 0.241 e. The first kappa shape index (κ1) is 20.5. The predicted octanol–water partition coefficient (Wildman–Crippen LogP) is 2.41. The van der Waals surface area contributed by atoms with Gasteiger partial charge in [-0.05, 0) is 36.8 Å². The predicted molar refractivity (Wildman–Crippen MR) is 108 cm³/mol. The van der Waals surface area contributed by atoms with Gasteiger partial charge in [0.25, 0.3) is 0 Å². The summed E-state index contributed by atoms with van der Waals surface area (Å²) in [5, 5.41) is 12.0. The minimum Gasteiger partial charge on any atom is -0.340 e. The van der Waals surface area contributed by atoms with Gasteiger partial charge in [0.05, 0.1) is 23.7 Å². The molecule has 3 rings (SSSR count). The molecule has 2 amide bonds. The molecule has 150 valence electrons. The summed E-state index contributed by atoms with van der Waals surface area (Å²) < 4.78 is 13.0. The molecule has 0 saturated carbocycles. The Balaban J connectivity index is 1.51. The van der Waals surface area contributed by atoms with E-state index in [9.17, 15) is 14.0 Å². The summed E-state index contributed by atoms with van der Waals surface area (Å²) in [5.74, 6) is -0.505. The zero-order chi connectivity index (χ0) is 20.8. The van der Waals surface area contributed by atoms with Crippen LogP contribution in [0, 0.1) is 17.1 Å². The highest BCUT2D eigenvalue weighted by molar-refractivity contribution is 5.95. The molecule has 1 saturated heterocycles. The highest BCUT2D eigenvalue weighted by Crippen LogP contribution is 2.16. The highest BCUT2D eigenvalue weighted by atomic mass is 19.1. The van der Waals surface area contributed by atoms with E-state index in [0.717, 1.165) is 5.56 Å². The lowest BCUT2D eigenvalue weighted by Crippen LogP contribution is -2.54. The van der Waals surface area contributed by atoms with Crippen LogP contribution in [0.4, 0.5) is 10.1 Å². The minimum atomic E-state index is -0.379. The number of para-hydroxylation sites is 1. The lowest BCUT2D eigenvalue weighted by Gasteiger charge is -2.37. The van der Waals surface area contributed by atoms with Crippen molar-refractivity contribution in [3.8, 4) is 6.07 Å². The zero-order valence-electron chi connectivity index (χ0n) is 16.3. The Labute approximate surface area is 169 Å². The van der Waals surface area contributed by atoms with Gasteiger partial charge in [-0.15, -0.1) is 0 Å². The molecule has 1 heterocycles. The van der Waals surface area contributed by atoms with E-state index >= 15 is 0 Å². The molecule has 1 aliphatic heterocycles. The molecular formula is C22H23FN4O2. The maximum absolute atomic E-state index is 13.0. The summed E-state index contributed by atoms with van der Waals surface area (Å²) >= 11 is 0. The molecule has 0 radical (unpaired) electrons. The third kappa shape index (κ3) is 5.18. The normalized spacial score (nSPS) is 15.4. The molecule has 1 N–H and O–H groups in total. The third-order valence-electron chi connectivity index (χ3n) is 5.17. The van der Waals surface area contributed by atoms with E-state index in [1.54, 1.807) is 41.3 Å². The van der Waals surface area contributed by atoms with E-state index in [1.807, 2.05) is 11.8 Å². The number of nitrogens with zero attached hydrogens (tertiary/aromatic N) is 3. The number of amides is 2. The molecule has 6 nitrogen and oxygen atoms in total. The van der Waals surface area contributed by atoms with Gasteiger partial charge in [-0.1, -0.05) is 24.3 Å². The van der Waals surface area contributed by atoms with Crippen LogP contribution in [0.2, 0.25) is 0 Å². The summed E-state index contributed by atoms with van der Waals surface area (Å²) in [4.78, 5) is 28.9. The number of benzene rings is 2. The lowest BCUT2D eigenvalue weighted by molar-refractivity contribution is -0.133. The van der Waals surface area contributed by atoms with Gasteiger partial charge in [-0.2, -0.15) is 5.26 Å². The van der Waals surface area contributed by atoms with Crippen LogP contribution in [0.25, 0.3) is 0 Å². The van der Waals surface area contributed by atoms with Crippen LogP contribution in [-0.4, -0.2) is 53.8 Å². The fourth-order valence-electron chi connectivity index (χ4n) is 3.34. The van der Waals surface area contributed by atoms with E-state index in [2.05, 4.69) is 11.4 Å². The number of rotatable bonds is 5. The number of piperazine rings is 1. The van der Waals surface area contributed by atoms with Gasteiger partial charge in [-0.3, -0.25) is 14.5 Å². The van der Waals surface area contributed by atoms with Crippen LogP contribution >= 0.6 is 0 Å². The number of anilines is 1. The van der Waals surface area contributed by atoms with Crippen LogP contribution in [0.1, 0.15) is 18.1 Å². The molecule has 1 aliphatic rings. The fraction of sp³-hybridized carbons (Fsp3) is 0.318. The molecule has 0 bridgehead atoms. The van der Waals surface area contributed by atoms with Crippen molar-refractivity contribution in [2.45, 2.75) is 19.4 Å². The number of carbonyl (C=O) groups excluding carboxylic acids is 2. The summed E-state index contributed by atoms with van der Waals surface area (Å²) in [6.07, 6.45) is 0.237. The Hall–Kier alpha value is -3.24. The van der Waals surface area contributed by atoms with Crippen molar-refractivity contribution < 1.29 is 14.0 Å². The van der Waals surface area contributed by atoms with Gasteiger partial charge in [0.1, 0.15) is 11.9 Å². The number of carbonyl (C=O) groups is 2. The van der Waals surface area contributed by atoms with E-state index in [1.165, 1.54) is 12.1 Å². The van der Waals surface area contributed by atoms with E-state index in [0.29, 0.717) is 37.4 Å². The van der Waals surface area contributed by atoms with Gasteiger partial charge in [0.2, 0.25) is 11.8 Å². The highest BCUT2D eigenvalue weighted by Gasteiger charge is 2.27. The number of hydrogen-bond donors (Lipinski definition) is 1. The topological polar surface area (TPSA) is 76.4 Å². The maximum Gasteiger partial charge on any atom is 0.241 e. The Morgan fingerprint density at radius 2 is 1.76 bits per heavy atom. The number of nitrogens with one attached hydrogen (secondary N) is 1. The first-order valence-corrected chi connectivity index (χ1v) is 9.54. The van der Waals surface area contributed by atoms with Crippen molar-refractivity contribution in [1.82, 2.24) is 9.80 Å². The van der Waals surface area contributed by atoms with Crippen LogP contribution in [-0.2, 0) is 16.0 Å². The van der Waals surface area contributed by atoms with Crippen molar-refractivity contribution in [2.24, 2.45) is 0 Å². The van der Waals surface area contributed by atoms with Gasteiger partial charge in [-0.25, -0.2) is 4.39 Å². The number of nitriles is 1. The molecule has 7 heteroatoms. The quantitative estimate of drug-likeness (QED) is 0.845.